The van der Waals surface area contributed by atoms with E-state index in [2.05, 4.69) is 38.7 Å². The van der Waals surface area contributed by atoms with Crippen LogP contribution in [-0.2, 0) is 12.8 Å². The van der Waals surface area contributed by atoms with Gasteiger partial charge in [-0.3, -0.25) is 4.79 Å². The van der Waals surface area contributed by atoms with Gasteiger partial charge in [0.05, 0.1) is 0 Å². The molecule has 0 amide bonds. The van der Waals surface area contributed by atoms with Crippen molar-refractivity contribution in [2.45, 2.75) is 52.9 Å². The molecule has 0 saturated heterocycles. The van der Waals surface area contributed by atoms with Gasteiger partial charge >= 0.3 is 0 Å². The predicted molar refractivity (Wildman–Crippen MR) is 71.5 cm³/mol. The van der Waals surface area contributed by atoms with Crippen LogP contribution in [0.2, 0.25) is 0 Å². The van der Waals surface area contributed by atoms with E-state index < -0.39 is 0 Å². The second-order valence-electron chi connectivity index (χ2n) is 5.96. The van der Waals surface area contributed by atoms with Crippen LogP contribution in [0.4, 0.5) is 0 Å². The van der Waals surface area contributed by atoms with Gasteiger partial charge in [0.2, 0.25) is 0 Å². The van der Waals surface area contributed by atoms with E-state index in [-0.39, 0.29) is 5.56 Å². The van der Waals surface area contributed by atoms with Crippen molar-refractivity contribution < 1.29 is 0 Å². The van der Waals surface area contributed by atoms with Gasteiger partial charge in [0.25, 0.3) is 5.56 Å². The zero-order valence-corrected chi connectivity index (χ0v) is 11.3. The Morgan fingerprint density at radius 2 is 2.00 bits per heavy atom. The maximum Gasteiger partial charge on any atom is 0.251 e. The largest absolute Gasteiger partial charge is 0.326 e. The van der Waals surface area contributed by atoms with Crippen LogP contribution < -0.4 is 5.56 Å². The van der Waals surface area contributed by atoms with E-state index in [4.69, 9.17) is 0 Å². The lowest BCUT2D eigenvalue weighted by Crippen LogP contribution is -2.25. The van der Waals surface area contributed by atoms with Crippen molar-refractivity contribution in [2.24, 2.45) is 11.8 Å². The molecule has 17 heavy (non-hydrogen) atoms. The molecule has 1 N–H and O–H groups in total. The summed E-state index contributed by atoms with van der Waals surface area (Å²) < 4.78 is 0. The first-order chi connectivity index (χ1) is 7.99. The van der Waals surface area contributed by atoms with Crippen molar-refractivity contribution in [2.75, 3.05) is 0 Å². The predicted octanol–water partition coefficient (Wildman–Crippen LogP) is 3.26. The number of hydrogen-bond donors (Lipinski definition) is 1. The highest BCUT2D eigenvalue weighted by Crippen LogP contribution is 2.29. The fraction of sp³-hybridized carbons (Fsp3) is 0.667. The third kappa shape index (κ3) is 2.46. The zero-order chi connectivity index (χ0) is 12.6. The Labute approximate surface area is 103 Å². The van der Waals surface area contributed by atoms with Crippen LogP contribution in [0, 0.1) is 11.8 Å². The Kier molecular flexibility index (Phi) is 3.41. The summed E-state index contributed by atoms with van der Waals surface area (Å²) in [6.45, 7) is 8.76. The van der Waals surface area contributed by atoms with E-state index in [0.717, 1.165) is 30.2 Å². The van der Waals surface area contributed by atoms with Crippen molar-refractivity contribution in [3.05, 3.63) is 33.2 Å². The summed E-state index contributed by atoms with van der Waals surface area (Å²) in [5.41, 5.74) is 3.60. The molecule has 0 spiro atoms. The molecular weight excluding hydrogens is 210 g/mol. The molecule has 1 unspecified atom stereocenters. The Morgan fingerprint density at radius 1 is 1.29 bits per heavy atom. The molecule has 94 valence electrons. The second kappa shape index (κ2) is 4.67. The van der Waals surface area contributed by atoms with Gasteiger partial charge < -0.3 is 4.98 Å². The van der Waals surface area contributed by atoms with Crippen LogP contribution in [0.3, 0.4) is 0 Å². The molecule has 1 aliphatic rings. The Bertz CT molecular complexity index is 456. The minimum atomic E-state index is 0.113. The van der Waals surface area contributed by atoms with Gasteiger partial charge in [-0.05, 0) is 48.6 Å². The minimum Gasteiger partial charge on any atom is -0.326 e. The van der Waals surface area contributed by atoms with Crippen molar-refractivity contribution in [1.29, 1.82) is 0 Å². The maximum absolute atomic E-state index is 11.9. The lowest BCUT2D eigenvalue weighted by atomic mass is 9.79. The molecule has 2 rings (SSSR count). The number of aryl methyl sites for hydroxylation is 1. The summed E-state index contributed by atoms with van der Waals surface area (Å²) in [6.07, 6.45) is 3.37. The number of H-pyrrole nitrogens is 1. The lowest BCUT2D eigenvalue weighted by molar-refractivity contribution is 0.339. The van der Waals surface area contributed by atoms with Crippen molar-refractivity contribution in [3.63, 3.8) is 0 Å². The second-order valence-corrected chi connectivity index (χ2v) is 5.96. The van der Waals surface area contributed by atoms with Gasteiger partial charge in [0.15, 0.2) is 0 Å². The van der Waals surface area contributed by atoms with Crippen molar-refractivity contribution in [3.8, 4) is 0 Å². The summed E-state index contributed by atoms with van der Waals surface area (Å²) in [5.74, 6) is 1.81. The third-order valence-corrected chi connectivity index (χ3v) is 4.06. The van der Waals surface area contributed by atoms with Crippen LogP contribution in [0.15, 0.2) is 10.9 Å². The Hall–Kier alpha value is -1.05. The average molecular weight is 233 g/mol. The molecule has 0 bridgehead atoms. The highest BCUT2D eigenvalue weighted by molar-refractivity contribution is 5.29. The van der Waals surface area contributed by atoms with Crippen molar-refractivity contribution in [1.82, 2.24) is 4.98 Å². The topological polar surface area (TPSA) is 32.9 Å². The molecule has 0 aromatic carbocycles. The molecule has 0 fully saturated rings. The van der Waals surface area contributed by atoms with Gasteiger partial charge in [-0.15, -0.1) is 0 Å². The van der Waals surface area contributed by atoms with E-state index >= 15 is 0 Å². The molecule has 1 atom stereocenters. The number of pyridine rings is 1. The van der Waals surface area contributed by atoms with Gasteiger partial charge in [-0.25, -0.2) is 0 Å². The summed E-state index contributed by atoms with van der Waals surface area (Å²) in [6, 6.07) is 2.15. The summed E-state index contributed by atoms with van der Waals surface area (Å²) in [5, 5.41) is 0. The van der Waals surface area contributed by atoms with Gasteiger partial charge in [0, 0.05) is 11.3 Å². The molecule has 1 aliphatic carbocycles. The van der Waals surface area contributed by atoms with E-state index in [0.29, 0.717) is 5.92 Å². The number of rotatable bonds is 2. The fourth-order valence-corrected chi connectivity index (χ4v) is 2.75. The Balaban J connectivity index is 2.37. The highest BCUT2D eigenvalue weighted by atomic mass is 16.1. The Morgan fingerprint density at radius 3 is 2.59 bits per heavy atom. The fourth-order valence-electron chi connectivity index (χ4n) is 2.75. The van der Waals surface area contributed by atoms with Crippen LogP contribution in [-0.4, -0.2) is 4.98 Å². The summed E-state index contributed by atoms with van der Waals surface area (Å²) in [4.78, 5) is 15.0. The molecule has 0 radical (unpaired) electrons. The van der Waals surface area contributed by atoms with E-state index in [1.807, 2.05) is 0 Å². The van der Waals surface area contributed by atoms with Crippen LogP contribution in [0.25, 0.3) is 0 Å². The normalized spacial score (nSPS) is 19.8. The summed E-state index contributed by atoms with van der Waals surface area (Å²) in [7, 11) is 0. The SMILES string of the molecule is CC(C)c1cc2c([nH]c1=O)CCC(C(C)C)C2. The van der Waals surface area contributed by atoms with E-state index in [1.165, 1.54) is 17.7 Å². The zero-order valence-electron chi connectivity index (χ0n) is 11.3. The van der Waals surface area contributed by atoms with Gasteiger partial charge in [-0.1, -0.05) is 27.7 Å². The van der Waals surface area contributed by atoms with E-state index in [9.17, 15) is 4.79 Å². The number of fused-ring (bicyclic) bond motifs is 1. The first-order valence-electron chi connectivity index (χ1n) is 6.74. The van der Waals surface area contributed by atoms with Crippen LogP contribution in [0.1, 0.15) is 56.9 Å². The molecule has 1 heterocycles. The number of aromatic amines is 1. The maximum atomic E-state index is 11.9. The first-order valence-corrected chi connectivity index (χ1v) is 6.74. The number of nitrogens with one attached hydrogen (secondary N) is 1. The smallest absolute Gasteiger partial charge is 0.251 e. The molecule has 1 aromatic rings. The molecule has 0 aliphatic heterocycles. The number of hydrogen-bond acceptors (Lipinski definition) is 1. The highest BCUT2D eigenvalue weighted by Gasteiger charge is 2.22. The number of aromatic nitrogens is 1. The standard InChI is InChI=1S/C15H23NO/c1-9(2)11-5-6-14-12(7-11)8-13(10(3)4)15(17)16-14/h8-11H,5-7H2,1-4H3,(H,16,17). The minimum absolute atomic E-state index is 0.113. The molecule has 1 aromatic heterocycles. The average Bonchev–Trinajstić information content (AvgIpc) is 2.27. The quantitative estimate of drug-likeness (QED) is 0.835. The monoisotopic (exact) mass is 233 g/mol. The molecule has 2 nitrogen and oxygen atoms in total. The van der Waals surface area contributed by atoms with Gasteiger partial charge in [0.1, 0.15) is 0 Å². The molecular formula is C15H23NO. The molecule has 0 saturated carbocycles. The van der Waals surface area contributed by atoms with Crippen LogP contribution >= 0.6 is 0 Å². The summed E-state index contributed by atoms with van der Waals surface area (Å²) >= 11 is 0. The van der Waals surface area contributed by atoms with Crippen LogP contribution in [0.5, 0.6) is 0 Å². The van der Waals surface area contributed by atoms with Crippen molar-refractivity contribution >= 4 is 0 Å². The van der Waals surface area contributed by atoms with E-state index in [1.54, 1.807) is 0 Å². The molecule has 2 heteroatoms. The first kappa shape index (κ1) is 12.4. The third-order valence-electron chi connectivity index (χ3n) is 4.06. The lowest BCUT2D eigenvalue weighted by Gasteiger charge is -2.27. The van der Waals surface area contributed by atoms with Gasteiger partial charge in [-0.2, -0.15) is 0 Å².